The summed E-state index contributed by atoms with van der Waals surface area (Å²) in [6.45, 7) is -0.891. The third kappa shape index (κ3) is 2.76. The Morgan fingerprint density at radius 2 is 1.50 bits per heavy atom. The van der Waals surface area contributed by atoms with E-state index in [-0.39, 0.29) is 11.9 Å². The molecule has 0 aliphatic rings. The monoisotopic (exact) mass is 306 g/mol. The van der Waals surface area contributed by atoms with E-state index < -0.39 is 29.7 Å². The second-order valence-electron chi connectivity index (χ2n) is 4.43. The first kappa shape index (κ1) is 15.5. The van der Waals surface area contributed by atoms with Crippen molar-refractivity contribution in [2.75, 3.05) is 14.2 Å². The minimum Gasteiger partial charge on any atom is -0.468 e. The molecule has 2 rings (SSSR count). The lowest BCUT2D eigenvalue weighted by Gasteiger charge is -2.12. The van der Waals surface area contributed by atoms with Gasteiger partial charge in [0.2, 0.25) is 0 Å². The van der Waals surface area contributed by atoms with E-state index in [4.69, 9.17) is 0 Å². The molecule has 0 aliphatic heterocycles. The topological polar surface area (TPSA) is 96.6 Å². The van der Waals surface area contributed by atoms with Gasteiger partial charge in [0.1, 0.15) is 13.1 Å². The highest BCUT2D eigenvalue weighted by Crippen LogP contribution is 2.07. The van der Waals surface area contributed by atoms with Crippen molar-refractivity contribution in [1.29, 1.82) is 0 Å². The molecule has 0 amide bonds. The molecule has 8 heteroatoms. The molecule has 0 N–H and O–H groups in total. The lowest BCUT2D eigenvalue weighted by molar-refractivity contribution is -0.141. The highest BCUT2D eigenvalue weighted by molar-refractivity contribution is 5.80. The van der Waals surface area contributed by atoms with Crippen molar-refractivity contribution < 1.29 is 19.1 Å². The van der Waals surface area contributed by atoms with Crippen LogP contribution in [-0.2, 0) is 32.2 Å². The Balaban J connectivity index is 2.76. The zero-order valence-corrected chi connectivity index (χ0v) is 12.1. The maximum absolute atomic E-state index is 12.4. The Morgan fingerprint density at radius 3 is 2.09 bits per heavy atom. The number of benzene rings is 1. The van der Waals surface area contributed by atoms with Crippen molar-refractivity contribution in [2.24, 2.45) is 0 Å². The van der Waals surface area contributed by atoms with Crippen LogP contribution in [-0.4, -0.2) is 35.3 Å². The predicted molar refractivity (Wildman–Crippen MR) is 76.5 cm³/mol. The lowest BCUT2D eigenvalue weighted by atomic mass is 10.2. The molecule has 0 unspecified atom stereocenters. The number of carbonyl (C=O) groups is 2. The van der Waals surface area contributed by atoms with E-state index in [0.717, 1.165) is 16.2 Å². The zero-order chi connectivity index (χ0) is 16.3. The average molecular weight is 306 g/mol. The van der Waals surface area contributed by atoms with E-state index in [9.17, 15) is 19.2 Å². The third-order valence-electron chi connectivity index (χ3n) is 3.16. The maximum Gasteiger partial charge on any atom is 0.332 e. The average Bonchev–Trinajstić information content (AvgIpc) is 2.54. The fourth-order valence-electron chi connectivity index (χ4n) is 2.05. The van der Waals surface area contributed by atoms with Crippen molar-refractivity contribution in [3.05, 3.63) is 45.1 Å². The van der Waals surface area contributed by atoms with E-state index in [2.05, 4.69) is 9.47 Å². The van der Waals surface area contributed by atoms with Crippen molar-refractivity contribution >= 4 is 22.8 Å². The molecule has 1 aromatic carbocycles. The van der Waals surface area contributed by atoms with Gasteiger partial charge in [-0.2, -0.15) is 0 Å². The van der Waals surface area contributed by atoms with Gasteiger partial charge in [-0.05, 0) is 12.1 Å². The largest absolute Gasteiger partial charge is 0.468 e. The number of ether oxygens (including phenoxy) is 2. The Labute approximate surface area is 124 Å². The van der Waals surface area contributed by atoms with Crippen LogP contribution in [0.2, 0.25) is 0 Å². The van der Waals surface area contributed by atoms with Crippen LogP contribution in [0.4, 0.5) is 0 Å². The standard InChI is InChI=1S/C14H14N2O6/c1-21-11(17)7-15-10-6-4-3-5-9(10)13(19)16(14(15)20)8-12(18)22-2/h3-6H,7-8H2,1-2H3. The normalized spacial score (nSPS) is 10.5. The highest BCUT2D eigenvalue weighted by Gasteiger charge is 2.17. The third-order valence-corrected chi connectivity index (χ3v) is 3.16. The van der Waals surface area contributed by atoms with E-state index in [1.807, 2.05) is 0 Å². The predicted octanol–water partition coefficient (Wildman–Crippen LogP) is -0.491. The summed E-state index contributed by atoms with van der Waals surface area (Å²) in [5.41, 5.74) is -1.10. The van der Waals surface area contributed by atoms with Gasteiger partial charge in [0, 0.05) is 0 Å². The molecule has 0 bridgehead atoms. The maximum atomic E-state index is 12.4. The van der Waals surface area contributed by atoms with Gasteiger partial charge < -0.3 is 9.47 Å². The van der Waals surface area contributed by atoms with Gasteiger partial charge in [-0.15, -0.1) is 0 Å². The van der Waals surface area contributed by atoms with E-state index in [1.165, 1.54) is 13.2 Å². The summed E-state index contributed by atoms with van der Waals surface area (Å²) >= 11 is 0. The van der Waals surface area contributed by atoms with Crippen LogP contribution in [0.5, 0.6) is 0 Å². The van der Waals surface area contributed by atoms with Gasteiger partial charge in [0.15, 0.2) is 0 Å². The van der Waals surface area contributed by atoms with Crippen molar-refractivity contribution in [3.8, 4) is 0 Å². The van der Waals surface area contributed by atoms with Crippen LogP contribution >= 0.6 is 0 Å². The Bertz CT molecular complexity index is 849. The van der Waals surface area contributed by atoms with Gasteiger partial charge in [-0.1, -0.05) is 12.1 Å². The van der Waals surface area contributed by atoms with E-state index in [1.54, 1.807) is 18.2 Å². The molecule has 116 valence electrons. The molecule has 0 spiro atoms. The number of hydrogen-bond donors (Lipinski definition) is 0. The fourth-order valence-corrected chi connectivity index (χ4v) is 2.05. The van der Waals surface area contributed by atoms with Crippen LogP contribution in [0.25, 0.3) is 10.9 Å². The summed E-state index contributed by atoms with van der Waals surface area (Å²) in [5.74, 6) is -1.38. The molecule has 0 saturated heterocycles. The number of nitrogens with zero attached hydrogens (tertiary/aromatic N) is 2. The number of rotatable bonds is 4. The van der Waals surface area contributed by atoms with E-state index in [0.29, 0.717) is 5.52 Å². The minimum atomic E-state index is -0.778. The summed E-state index contributed by atoms with van der Waals surface area (Å²) in [6, 6.07) is 6.32. The lowest BCUT2D eigenvalue weighted by Crippen LogP contribution is -2.42. The molecule has 8 nitrogen and oxygen atoms in total. The number of esters is 2. The van der Waals surface area contributed by atoms with Crippen LogP contribution in [0.1, 0.15) is 0 Å². The van der Waals surface area contributed by atoms with Gasteiger partial charge in [0.05, 0.1) is 25.1 Å². The molecule has 22 heavy (non-hydrogen) atoms. The summed E-state index contributed by atoms with van der Waals surface area (Å²) in [6.07, 6.45) is 0. The number of methoxy groups -OCH3 is 2. The first-order valence-electron chi connectivity index (χ1n) is 6.35. The summed E-state index contributed by atoms with van der Waals surface area (Å²) < 4.78 is 10.9. The first-order chi connectivity index (χ1) is 10.5. The molecule has 0 fully saturated rings. The van der Waals surface area contributed by atoms with Crippen LogP contribution < -0.4 is 11.2 Å². The molecule has 2 aromatic rings. The van der Waals surface area contributed by atoms with Crippen molar-refractivity contribution in [3.63, 3.8) is 0 Å². The van der Waals surface area contributed by atoms with Crippen LogP contribution in [0.15, 0.2) is 33.9 Å². The second-order valence-corrected chi connectivity index (χ2v) is 4.43. The molecule has 0 radical (unpaired) electrons. The zero-order valence-electron chi connectivity index (χ0n) is 12.1. The fraction of sp³-hybridized carbons (Fsp3) is 0.286. The molecule has 1 aromatic heterocycles. The molecular weight excluding hydrogens is 292 g/mol. The van der Waals surface area contributed by atoms with Crippen molar-refractivity contribution in [1.82, 2.24) is 9.13 Å². The highest BCUT2D eigenvalue weighted by atomic mass is 16.5. The second kappa shape index (κ2) is 6.25. The minimum absolute atomic E-state index is 0.218. The molecule has 0 atom stereocenters. The first-order valence-corrected chi connectivity index (χ1v) is 6.35. The van der Waals surface area contributed by atoms with Gasteiger partial charge in [0.25, 0.3) is 5.56 Å². The number of fused-ring (bicyclic) bond motifs is 1. The Morgan fingerprint density at radius 1 is 0.955 bits per heavy atom. The number of carbonyl (C=O) groups excluding carboxylic acids is 2. The van der Waals surface area contributed by atoms with Crippen LogP contribution in [0, 0.1) is 0 Å². The van der Waals surface area contributed by atoms with Gasteiger partial charge in [-0.25, -0.2) is 9.36 Å². The molecular formula is C14H14N2O6. The summed E-state index contributed by atoms with van der Waals surface area (Å²) in [4.78, 5) is 47.6. The molecule has 0 aliphatic carbocycles. The Kier molecular flexibility index (Phi) is 4.40. The smallest absolute Gasteiger partial charge is 0.332 e. The summed E-state index contributed by atoms with van der Waals surface area (Å²) in [5, 5.41) is 0.218. The molecule has 0 saturated carbocycles. The quantitative estimate of drug-likeness (QED) is 0.707. The Hall–Kier alpha value is -2.90. The molecule has 1 heterocycles. The van der Waals surface area contributed by atoms with E-state index >= 15 is 0 Å². The number of hydrogen-bond acceptors (Lipinski definition) is 6. The SMILES string of the molecule is COC(=O)Cn1c(=O)c2ccccc2n(CC(=O)OC)c1=O. The number of para-hydroxylation sites is 1. The van der Waals surface area contributed by atoms with Gasteiger partial charge >= 0.3 is 17.6 Å². The summed E-state index contributed by atoms with van der Waals surface area (Å²) in [7, 11) is 2.35. The number of aromatic nitrogens is 2. The van der Waals surface area contributed by atoms with Gasteiger partial charge in [-0.3, -0.25) is 19.0 Å². The van der Waals surface area contributed by atoms with Crippen molar-refractivity contribution in [2.45, 2.75) is 13.1 Å². The van der Waals surface area contributed by atoms with Crippen LogP contribution in [0.3, 0.4) is 0 Å².